The van der Waals surface area contributed by atoms with Gasteiger partial charge in [0, 0.05) is 23.9 Å². The minimum Gasteiger partial charge on any atom is -0.405 e. The van der Waals surface area contributed by atoms with Gasteiger partial charge < -0.3 is 25.8 Å². The average Bonchev–Trinajstić information content (AvgIpc) is 3.71. The molecule has 0 spiro atoms. The summed E-state index contributed by atoms with van der Waals surface area (Å²) < 4.78 is 11.2. The number of nitrogens with one attached hydrogen (secondary N) is 3. The van der Waals surface area contributed by atoms with Crippen molar-refractivity contribution in [3.05, 3.63) is 101 Å². The zero-order chi connectivity index (χ0) is 27.5. The van der Waals surface area contributed by atoms with Crippen LogP contribution >= 0.6 is 0 Å². The number of nitrogens with two attached hydrogens (primary N) is 1. The van der Waals surface area contributed by atoms with Gasteiger partial charge >= 0.3 is 0 Å². The van der Waals surface area contributed by atoms with Crippen LogP contribution in [0, 0.1) is 5.41 Å². The lowest BCUT2D eigenvalue weighted by molar-refractivity contribution is -0.117. The monoisotopic (exact) mass is 535 g/mol. The molecule has 2 aromatic carbocycles. The first-order chi connectivity index (χ1) is 19.5. The first-order valence-corrected chi connectivity index (χ1v) is 13.2. The van der Waals surface area contributed by atoms with E-state index in [-0.39, 0.29) is 23.7 Å². The van der Waals surface area contributed by atoms with Gasteiger partial charge in [-0.3, -0.25) is 10.2 Å². The summed E-state index contributed by atoms with van der Waals surface area (Å²) in [6.07, 6.45) is 6.71. The van der Waals surface area contributed by atoms with Crippen molar-refractivity contribution in [1.82, 2.24) is 4.98 Å². The van der Waals surface area contributed by atoms with Crippen molar-refractivity contribution in [3.63, 3.8) is 0 Å². The lowest BCUT2D eigenvalue weighted by Gasteiger charge is -2.16. The summed E-state index contributed by atoms with van der Waals surface area (Å²) in [6.45, 7) is 1.11. The number of amides is 1. The fraction of sp³-hybridized carbons (Fsp3) is 0.233. The van der Waals surface area contributed by atoms with Crippen LogP contribution in [0.3, 0.4) is 0 Å². The van der Waals surface area contributed by atoms with Gasteiger partial charge in [0.15, 0.2) is 0 Å². The second kappa shape index (κ2) is 11.1. The standard InChI is InChI=1S/C30H29N7O3/c31-27(26-24(33-17-21-9-6-14-39-21)15-20(16-34-26)18-12-13-18)40-30(32)37-28-29(38)35-23-11-5-4-10-22(23)25(36-28)19-7-2-1-3-8-19/h1-11,15-16,18,21,28,31,33H,12-14,17H2,(H2,32,37)(H,35,38). The molecule has 2 atom stereocenters. The summed E-state index contributed by atoms with van der Waals surface area (Å²) in [5.74, 6) is -0.269. The minimum absolute atomic E-state index is 0.0614. The van der Waals surface area contributed by atoms with E-state index in [2.05, 4.69) is 25.6 Å². The third-order valence-corrected chi connectivity index (χ3v) is 6.85. The van der Waals surface area contributed by atoms with E-state index >= 15 is 0 Å². The molecule has 1 amide bonds. The predicted molar refractivity (Wildman–Crippen MR) is 154 cm³/mol. The molecule has 6 rings (SSSR count). The molecule has 40 heavy (non-hydrogen) atoms. The topological polar surface area (TPSA) is 147 Å². The number of para-hydroxylation sites is 1. The smallest absolute Gasteiger partial charge is 0.291 e. The van der Waals surface area contributed by atoms with E-state index in [0.29, 0.717) is 36.2 Å². The summed E-state index contributed by atoms with van der Waals surface area (Å²) in [4.78, 5) is 26.5. The van der Waals surface area contributed by atoms with Crippen LogP contribution in [-0.2, 0) is 14.3 Å². The van der Waals surface area contributed by atoms with E-state index in [1.165, 1.54) is 0 Å². The summed E-state index contributed by atoms with van der Waals surface area (Å²) in [7, 11) is 0. The highest BCUT2D eigenvalue weighted by molar-refractivity contribution is 6.19. The Morgan fingerprint density at radius 1 is 1.18 bits per heavy atom. The molecule has 3 heterocycles. The van der Waals surface area contributed by atoms with Crippen molar-refractivity contribution in [2.75, 3.05) is 23.8 Å². The molecule has 5 N–H and O–H groups in total. The minimum atomic E-state index is -1.22. The van der Waals surface area contributed by atoms with Gasteiger partial charge in [0.25, 0.3) is 11.9 Å². The van der Waals surface area contributed by atoms with Gasteiger partial charge in [-0.25, -0.2) is 9.98 Å². The number of benzene rings is 2. The molecule has 0 bridgehead atoms. The molecular formula is C30H29N7O3. The zero-order valence-corrected chi connectivity index (χ0v) is 21.7. The number of carbonyl (C=O) groups excluding carboxylic acids is 1. The SMILES string of the molecule is N=C(O/C(N)=N/C1N=C(c2ccccc2)c2ccccc2NC1=O)c1ncc(C2CC2)cc1NCC1C=CCO1. The highest BCUT2D eigenvalue weighted by Crippen LogP contribution is 2.40. The van der Waals surface area contributed by atoms with Crippen molar-refractivity contribution in [1.29, 1.82) is 5.41 Å². The molecular weight excluding hydrogens is 506 g/mol. The number of hydrogen-bond donors (Lipinski definition) is 4. The molecule has 2 aliphatic heterocycles. The third kappa shape index (κ3) is 5.62. The molecule has 0 saturated heterocycles. The first kappa shape index (κ1) is 25.4. The van der Waals surface area contributed by atoms with Crippen molar-refractivity contribution in [2.45, 2.75) is 31.0 Å². The lowest BCUT2D eigenvalue weighted by Crippen LogP contribution is -2.30. The van der Waals surface area contributed by atoms with Crippen LogP contribution < -0.4 is 16.4 Å². The average molecular weight is 536 g/mol. The van der Waals surface area contributed by atoms with E-state index in [0.717, 1.165) is 29.5 Å². The second-order valence-electron chi connectivity index (χ2n) is 9.77. The first-order valence-electron chi connectivity index (χ1n) is 13.2. The number of fused-ring (bicyclic) bond motifs is 1. The molecule has 10 nitrogen and oxygen atoms in total. The summed E-state index contributed by atoms with van der Waals surface area (Å²) in [5, 5.41) is 14.8. The van der Waals surface area contributed by atoms with E-state index in [1.807, 2.05) is 72.8 Å². The maximum Gasteiger partial charge on any atom is 0.291 e. The van der Waals surface area contributed by atoms with Crippen molar-refractivity contribution in [3.8, 4) is 0 Å². The van der Waals surface area contributed by atoms with Crippen LogP contribution in [0.1, 0.15) is 41.1 Å². The fourth-order valence-corrected chi connectivity index (χ4v) is 4.68. The Kier molecular flexibility index (Phi) is 7.07. The summed E-state index contributed by atoms with van der Waals surface area (Å²) in [6, 6.07) is 18.6. The number of aromatic nitrogens is 1. The van der Waals surface area contributed by atoms with Crippen LogP contribution in [-0.4, -0.2) is 53.9 Å². The van der Waals surface area contributed by atoms with Crippen molar-refractivity contribution >= 4 is 34.9 Å². The largest absolute Gasteiger partial charge is 0.405 e. The van der Waals surface area contributed by atoms with Crippen LogP contribution in [0.4, 0.5) is 11.4 Å². The van der Waals surface area contributed by atoms with Gasteiger partial charge in [-0.15, -0.1) is 0 Å². The number of carbonyl (C=O) groups is 1. The Morgan fingerprint density at radius 3 is 2.75 bits per heavy atom. The second-order valence-corrected chi connectivity index (χ2v) is 9.77. The number of amidine groups is 1. The molecule has 1 aromatic heterocycles. The molecule has 2 unspecified atom stereocenters. The van der Waals surface area contributed by atoms with E-state index in [9.17, 15) is 4.79 Å². The van der Waals surface area contributed by atoms with Gasteiger partial charge in [0.2, 0.25) is 12.1 Å². The van der Waals surface area contributed by atoms with E-state index in [4.69, 9.17) is 20.6 Å². The van der Waals surface area contributed by atoms with Gasteiger partial charge in [-0.05, 0) is 36.5 Å². The Bertz CT molecular complexity index is 1530. The van der Waals surface area contributed by atoms with Crippen molar-refractivity contribution < 1.29 is 14.3 Å². The van der Waals surface area contributed by atoms with Gasteiger partial charge in [0.1, 0.15) is 5.69 Å². The maximum absolute atomic E-state index is 13.1. The Hall–Kier alpha value is -4.83. The highest BCUT2D eigenvalue weighted by atomic mass is 16.5. The summed E-state index contributed by atoms with van der Waals surface area (Å²) >= 11 is 0. The number of nitrogens with zero attached hydrogens (tertiary/aromatic N) is 3. The van der Waals surface area contributed by atoms with Gasteiger partial charge in [-0.2, -0.15) is 4.99 Å². The van der Waals surface area contributed by atoms with Crippen molar-refractivity contribution in [2.24, 2.45) is 15.7 Å². The molecule has 1 aliphatic carbocycles. The van der Waals surface area contributed by atoms with Crippen LogP contribution in [0.25, 0.3) is 0 Å². The van der Waals surface area contributed by atoms with Crippen LogP contribution in [0.5, 0.6) is 0 Å². The zero-order valence-electron chi connectivity index (χ0n) is 21.7. The quantitative estimate of drug-likeness (QED) is 0.206. The van der Waals surface area contributed by atoms with Gasteiger partial charge in [-0.1, -0.05) is 60.7 Å². The number of benzodiazepines with no additional fused rings is 1. The number of hydrogen-bond acceptors (Lipinski definition) is 8. The molecule has 1 fully saturated rings. The molecule has 3 aromatic rings. The maximum atomic E-state index is 13.1. The molecule has 3 aliphatic rings. The Balaban J connectivity index is 1.25. The Morgan fingerprint density at radius 2 is 1.98 bits per heavy atom. The number of rotatable bonds is 7. The Labute approximate surface area is 231 Å². The predicted octanol–water partition coefficient (Wildman–Crippen LogP) is 3.80. The molecule has 0 radical (unpaired) electrons. The van der Waals surface area contributed by atoms with Crippen LogP contribution in [0.15, 0.2) is 89.0 Å². The number of anilines is 2. The third-order valence-electron chi connectivity index (χ3n) is 6.85. The molecule has 10 heteroatoms. The van der Waals surface area contributed by atoms with Gasteiger partial charge in [0.05, 0.1) is 29.8 Å². The summed E-state index contributed by atoms with van der Waals surface area (Å²) in [5.41, 5.74) is 11.0. The normalized spacial score (nSPS) is 20.2. The number of ether oxygens (including phenoxy) is 2. The fourth-order valence-electron chi connectivity index (χ4n) is 4.68. The van der Waals surface area contributed by atoms with E-state index in [1.54, 1.807) is 6.20 Å². The van der Waals surface area contributed by atoms with Crippen LogP contribution in [0.2, 0.25) is 0 Å². The molecule has 1 saturated carbocycles. The number of aliphatic imine (C=N–C) groups is 2. The van der Waals surface area contributed by atoms with E-state index < -0.39 is 12.1 Å². The molecule has 202 valence electrons. The lowest BCUT2D eigenvalue weighted by atomic mass is 10.0. The number of pyridine rings is 1. The highest BCUT2D eigenvalue weighted by Gasteiger charge is 2.28.